The molecule has 0 aromatic heterocycles. The van der Waals surface area contributed by atoms with E-state index in [1.165, 1.54) is 0 Å². The van der Waals surface area contributed by atoms with Crippen molar-refractivity contribution in [2.45, 2.75) is 5.72 Å². The van der Waals surface area contributed by atoms with Gasteiger partial charge in [0.05, 0.1) is 0 Å². The largest absolute Gasteiger partial charge is 0.422 e. The fourth-order valence-electron chi connectivity index (χ4n) is 2.09. The van der Waals surface area contributed by atoms with Gasteiger partial charge in [-0.15, -0.1) is 0 Å². The van der Waals surface area contributed by atoms with Crippen molar-refractivity contribution in [3.05, 3.63) is 30.3 Å². The lowest BCUT2D eigenvalue weighted by Gasteiger charge is -2.26. The molecule has 0 unspecified atom stereocenters. The minimum Gasteiger partial charge on any atom is -0.422 e. The number of para-hydroxylation sites is 1. The van der Waals surface area contributed by atoms with Crippen LogP contribution in [-0.4, -0.2) is 43.4 Å². The van der Waals surface area contributed by atoms with E-state index < -0.39 is 11.8 Å². The maximum atomic E-state index is 11.8. The van der Waals surface area contributed by atoms with E-state index in [9.17, 15) is 4.79 Å². The van der Waals surface area contributed by atoms with Gasteiger partial charge in [0.15, 0.2) is 0 Å². The molecule has 1 N–H and O–H groups in total. The molecule has 2 aliphatic rings. The Morgan fingerprint density at radius 3 is 2.56 bits per heavy atom. The molecule has 0 atom stereocenters. The van der Waals surface area contributed by atoms with Gasteiger partial charge in [0.25, 0.3) is 0 Å². The van der Waals surface area contributed by atoms with Gasteiger partial charge in [0.2, 0.25) is 5.72 Å². The van der Waals surface area contributed by atoms with Crippen LogP contribution in [-0.2, 0) is 14.2 Å². The third-order valence-corrected chi connectivity index (χ3v) is 3.03. The standard InChI is InChI=1S/C12H14N2O4/c15-11(13-10-4-2-1-3-5-10)18-12-6-16-8-14(12)9-17-7-12/h1-5H,6-9H2,(H,13,15). The van der Waals surface area contributed by atoms with Crippen LogP contribution in [0.3, 0.4) is 0 Å². The lowest BCUT2D eigenvalue weighted by molar-refractivity contribution is -0.0440. The molecule has 2 heterocycles. The molecule has 0 aliphatic carbocycles. The van der Waals surface area contributed by atoms with Crippen LogP contribution < -0.4 is 5.32 Å². The highest BCUT2D eigenvalue weighted by atomic mass is 16.7. The van der Waals surface area contributed by atoms with Crippen LogP contribution in [0, 0.1) is 0 Å². The molecule has 1 amide bonds. The number of anilines is 1. The van der Waals surface area contributed by atoms with E-state index in [0.717, 1.165) is 0 Å². The fraction of sp³-hybridized carbons (Fsp3) is 0.417. The average Bonchev–Trinajstić information content (AvgIpc) is 2.88. The second-order valence-electron chi connectivity index (χ2n) is 4.32. The molecule has 2 fully saturated rings. The maximum Gasteiger partial charge on any atom is 0.413 e. The molecule has 18 heavy (non-hydrogen) atoms. The van der Waals surface area contributed by atoms with Crippen LogP contribution in [0.1, 0.15) is 0 Å². The second-order valence-corrected chi connectivity index (χ2v) is 4.32. The lowest BCUT2D eigenvalue weighted by atomic mass is 10.2. The lowest BCUT2D eigenvalue weighted by Crippen LogP contribution is -2.48. The number of hydrogen-bond acceptors (Lipinski definition) is 5. The van der Waals surface area contributed by atoms with Crippen molar-refractivity contribution in [1.82, 2.24) is 4.90 Å². The van der Waals surface area contributed by atoms with E-state index in [4.69, 9.17) is 14.2 Å². The van der Waals surface area contributed by atoms with Crippen LogP contribution in [0.4, 0.5) is 10.5 Å². The Hall–Kier alpha value is -1.63. The molecule has 6 nitrogen and oxygen atoms in total. The molecule has 1 aromatic rings. The van der Waals surface area contributed by atoms with E-state index in [2.05, 4.69) is 5.32 Å². The third-order valence-electron chi connectivity index (χ3n) is 3.03. The number of carbonyl (C=O) groups is 1. The Balaban J connectivity index is 1.64. The SMILES string of the molecule is O=C(Nc1ccccc1)OC12COCN1COC2. The maximum absolute atomic E-state index is 11.8. The summed E-state index contributed by atoms with van der Waals surface area (Å²) in [5, 5.41) is 2.68. The molecule has 0 bridgehead atoms. The van der Waals surface area contributed by atoms with Crippen molar-refractivity contribution in [2.75, 3.05) is 32.0 Å². The molecule has 2 aliphatic heterocycles. The number of rotatable bonds is 2. The molecule has 2 saturated heterocycles. The number of nitrogens with one attached hydrogen (secondary N) is 1. The summed E-state index contributed by atoms with van der Waals surface area (Å²) in [6.07, 6.45) is -0.498. The van der Waals surface area contributed by atoms with Crippen molar-refractivity contribution in [3.8, 4) is 0 Å². The zero-order chi connectivity index (χ0) is 12.4. The topological polar surface area (TPSA) is 60.0 Å². The number of carbonyl (C=O) groups excluding carboxylic acids is 1. The number of nitrogens with zero attached hydrogens (tertiary/aromatic N) is 1. The fourth-order valence-corrected chi connectivity index (χ4v) is 2.09. The summed E-state index contributed by atoms with van der Waals surface area (Å²) in [5.74, 6) is 0. The van der Waals surface area contributed by atoms with Gasteiger partial charge in [-0.1, -0.05) is 18.2 Å². The van der Waals surface area contributed by atoms with Crippen molar-refractivity contribution in [2.24, 2.45) is 0 Å². The number of ether oxygens (including phenoxy) is 3. The zero-order valence-corrected chi connectivity index (χ0v) is 9.80. The van der Waals surface area contributed by atoms with Crippen molar-refractivity contribution in [1.29, 1.82) is 0 Å². The van der Waals surface area contributed by atoms with Gasteiger partial charge in [-0.25, -0.2) is 9.69 Å². The minimum atomic E-state index is -0.765. The summed E-state index contributed by atoms with van der Waals surface area (Å²) in [6.45, 7) is 1.54. The van der Waals surface area contributed by atoms with Gasteiger partial charge in [-0.05, 0) is 12.1 Å². The minimum absolute atomic E-state index is 0.342. The van der Waals surface area contributed by atoms with Crippen molar-refractivity contribution >= 4 is 11.8 Å². The second kappa shape index (κ2) is 4.56. The first-order valence-corrected chi connectivity index (χ1v) is 5.74. The summed E-state index contributed by atoms with van der Waals surface area (Å²) in [5.41, 5.74) is -0.0675. The number of hydrogen-bond donors (Lipinski definition) is 1. The summed E-state index contributed by atoms with van der Waals surface area (Å²) in [4.78, 5) is 13.7. The molecule has 96 valence electrons. The van der Waals surface area contributed by atoms with Crippen LogP contribution in [0.25, 0.3) is 0 Å². The van der Waals surface area contributed by atoms with Gasteiger partial charge in [-0.2, -0.15) is 0 Å². The van der Waals surface area contributed by atoms with Crippen LogP contribution in [0.2, 0.25) is 0 Å². The zero-order valence-electron chi connectivity index (χ0n) is 9.80. The van der Waals surface area contributed by atoms with Gasteiger partial charge in [0, 0.05) is 5.69 Å². The summed E-state index contributed by atoms with van der Waals surface area (Å²) >= 11 is 0. The van der Waals surface area contributed by atoms with Gasteiger partial charge in [-0.3, -0.25) is 5.32 Å². The first-order chi connectivity index (χ1) is 8.78. The predicted octanol–water partition coefficient (Wildman–Crippen LogP) is 1.21. The van der Waals surface area contributed by atoms with Crippen molar-refractivity contribution < 1.29 is 19.0 Å². The Bertz CT molecular complexity index is 427. The summed E-state index contributed by atoms with van der Waals surface area (Å²) in [6, 6.07) is 9.17. The van der Waals surface area contributed by atoms with Crippen LogP contribution >= 0.6 is 0 Å². The number of fused-ring (bicyclic) bond motifs is 1. The highest BCUT2D eigenvalue weighted by Gasteiger charge is 2.50. The molecule has 0 spiro atoms. The summed E-state index contributed by atoms with van der Waals surface area (Å²) < 4.78 is 16.1. The Morgan fingerprint density at radius 2 is 1.89 bits per heavy atom. The third kappa shape index (κ3) is 2.05. The highest BCUT2D eigenvalue weighted by Crippen LogP contribution is 2.29. The molecule has 1 aromatic carbocycles. The first kappa shape index (κ1) is 11.5. The van der Waals surface area contributed by atoms with E-state index in [0.29, 0.717) is 32.4 Å². The average molecular weight is 250 g/mol. The number of benzene rings is 1. The monoisotopic (exact) mass is 250 g/mol. The van der Waals surface area contributed by atoms with Crippen molar-refractivity contribution in [3.63, 3.8) is 0 Å². The molecule has 6 heteroatoms. The molecular weight excluding hydrogens is 236 g/mol. The molecule has 3 rings (SSSR count). The molecule has 0 saturated carbocycles. The number of amides is 1. The highest BCUT2D eigenvalue weighted by molar-refractivity contribution is 5.84. The van der Waals surface area contributed by atoms with Crippen LogP contribution in [0.5, 0.6) is 0 Å². The molecule has 0 radical (unpaired) electrons. The Kier molecular flexibility index (Phi) is 2.91. The Morgan fingerprint density at radius 1 is 1.22 bits per heavy atom. The van der Waals surface area contributed by atoms with Crippen LogP contribution in [0.15, 0.2) is 30.3 Å². The van der Waals surface area contributed by atoms with Gasteiger partial charge < -0.3 is 14.2 Å². The Labute approximate surface area is 104 Å². The normalized spacial score (nSPS) is 21.6. The van der Waals surface area contributed by atoms with Gasteiger partial charge >= 0.3 is 6.09 Å². The molecular formula is C12H14N2O4. The van der Waals surface area contributed by atoms with E-state index in [-0.39, 0.29) is 0 Å². The van der Waals surface area contributed by atoms with E-state index in [1.807, 2.05) is 23.1 Å². The summed E-state index contributed by atoms with van der Waals surface area (Å²) in [7, 11) is 0. The first-order valence-electron chi connectivity index (χ1n) is 5.74. The quantitative estimate of drug-likeness (QED) is 0.854. The van der Waals surface area contributed by atoms with E-state index >= 15 is 0 Å². The van der Waals surface area contributed by atoms with Gasteiger partial charge in [0.1, 0.15) is 26.7 Å². The smallest absolute Gasteiger partial charge is 0.413 e. The predicted molar refractivity (Wildman–Crippen MR) is 62.8 cm³/mol. The van der Waals surface area contributed by atoms with E-state index in [1.54, 1.807) is 12.1 Å².